The standard InChI is InChI=1S/C33H30FN3O7/c1-21(38)35-27-12-11-26(31-32(27)44-29(40)14-13-28(39)43-31)33(42)37(25-5-3-2-4-6-25)20-19-36-17-15-23(16-18-36)30(41)22-7-9-24(34)10-8-22/h2-14,23H,15-20H2,1H3,(H,35,38)/b14-13+. The average Bonchev–Trinajstić information content (AvgIpc) is 3.01. The first-order chi connectivity index (χ1) is 21.2. The average molecular weight is 600 g/mol. The first-order valence-corrected chi connectivity index (χ1v) is 14.1. The number of anilines is 2. The minimum atomic E-state index is -0.888. The number of esters is 2. The second-order valence-electron chi connectivity index (χ2n) is 10.5. The molecule has 0 aliphatic carbocycles. The molecule has 2 aliphatic rings. The molecule has 1 fully saturated rings. The van der Waals surface area contributed by atoms with E-state index in [1.165, 1.54) is 48.2 Å². The number of nitrogens with zero attached hydrogens (tertiary/aromatic N) is 2. The molecule has 5 rings (SSSR count). The molecule has 44 heavy (non-hydrogen) atoms. The quantitative estimate of drug-likeness (QED) is 0.230. The Hall–Kier alpha value is -5.16. The number of piperidine rings is 1. The summed E-state index contributed by atoms with van der Waals surface area (Å²) in [7, 11) is 0. The number of rotatable bonds is 8. The monoisotopic (exact) mass is 599 g/mol. The van der Waals surface area contributed by atoms with Gasteiger partial charge in [0.2, 0.25) is 5.91 Å². The third kappa shape index (κ3) is 7.07. The van der Waals surface area contributed by atoms with Crippen molar-refractivity contribution in [3.8, 4) is 11.5 Å². The highest BCUT2D eigenvalue weighted by molar-refractivity contribution is 6.10. The minimum Gasteiger partial charge on any atom is -0.418 e. The van der Waals surface area contributed by atoms with Gasteiger partial charge in [-0.25, -0.2) is 14.0 Å². The number of para-hydroxylation sites is 1. The highest BCUT2D eigenvalue weighted by Crippen LogP contribution is 2.41. The maximum Gasteiger partial charge on any atom is 0.336 e. The largest absolute Gasteiger partial charge is 0.418 e. The van der Waals surface area contributed by atoms with Crippen molar-refractivity contribution in [2.75, 3.05) is 36.4 Å². The molecule has 3 aromatic rings. The number of hydrogen-bond acceptors (Lipinski definition) is 8. The molecular formula is C33H30FN3O7. The lowest BCUT2D eigenvalue weighted by atomic mass is 9.89. The van der Waals surface area contributed by atoms with Crippen LogP contribution in [-0.2, 0) is 14.4 Å². The van der Waals surface area contributed by atoms with Gasteiger partial charge in [0.05, 0.1) is 11.3 Å². The van der Waals surface area contributed by atoms with Gasteiger partial charge in [-0.05, 0) is 74.5 Å². The lowest BCUT2D eigenvalue weighted by Crippen LogP contribution is -2.43. The molecule has 0 spiro atoms. The normalized spacial score (nSPS) is 16.0. The van der Waals surface area contributed by atoms with E-state index in [9.17, 15) is 28.4 Å². The summed E-state index contributed by atoms with van der Waals surface area (Å²) < 4.78 is 24.1. The van der Waals surface area contributed by atoms with Crippen molar-refractivity contribution in [3.05, 3.63) is 95.8 Å². The summed E-state index contributed by atoms with van der Waals surface area (Å²) in [4.78, 5) is 67.3. The molecule has 2 aliphatic heterocycles. The number of Topliss-reactive ketones (excluding diaryl/α,β-unsaturated/α-hetero) is 1. The zero-order valence-corrected chi connectivity index (χ0v) is 24.0. The Labute approximate surface area is 253 Å². The SMILES string of the molecule is CC(=O)Nc1ccc(C(=O)N(CCN2CCC(C(=O)c3ccc(F)cc3)CC2)c2ccccc2)c2c1OC(=O)/C=C/C(=O)O2. The Morgan fingerprint density at radius 3 is 2.16 bits per heavy atom. The predicted octanol–water partition coefficient (Wildman–Crippen LogP) is 4.41. The topological polar surface area (TPSA) is 122 Å². The van der Waals surface area contributed by atoms with E-state index in [2.05, 4.69) is 10.2 Å². The van der Waals surface area contributed by atoms with E-state index in [-0.39, 0.29) is 46.8 Å². The first-order valence-electron chi connectivity index (χ1n) is 14.1. The van der Waals surface area contributed by atoms with Crippen LogP contribution in [0.2, 0.25) is 0 Å². The number of amides is 2. The van der Waals surface area contributed by atoms with E-state index in [0.29, 0.717) is 43.7 Å². The van der Waals surface area contributed by atoms with Crippen molar-refractivity contribution in [3.63, 3.8) is 0 Å². The van der Waals surface area contributed by atoms with Crippen molar-refractivity contribution in [2.24, 2.45) is 5.92 Å². The first kappa shape index (κ1) is 30.3. The van der Waals surface area contributed by atoms with Gasteiger partial charge in [0.15, 0.2) is 17.3 Å². The van der Waals surface area contributed by atoms with Gasteiger partial charge in [0.1, 0.15) is 5.82 Å². The molecule has 2 amide bonds. The van der Waals surface area contributed by atoms with E-state index in [1.54, 1.807) is 24.3 Å². The Morgan fingerprint density at radius 1 is 0.886 bits per heavy atom. The molecule has 0 bridgehead atoms. The molecule has 11 heteroatoms. The second-order valence-corrected chi connectivity index (χ2v) is 10.5. The zero-order valence-electron chi connectivity index (χ0n) is 24.0. The highest BCUT2D eigenvalue weighted by atomic mass is 19.1. The fourth-order valence-electron chi connectivity index (χ4n) is 5.24. The van der Waals surface area contributed by atoms with Gasteiger partial charge < -0.3 is 24.6 Å². The minimum absolute atomic E-state index is 0.00460. The van der Waals surface area contributed by atoms with Crippen LogP contribution >= 0.6 is 0 Å². The van der Waals surface area contributed by atoms with Crippen LogP contribution in [0.15, 0.2) is 78.9 Å². The molecular weight excluding hydrogens is 569 g/mol. The van der Waals surface area contributed by atoms with E-state index in [1.807, 2.05) is 6.07 Å². The summed E-state index contributed by atoms with van der Waals surface area (Å²) in [5, 5.41) is 2.53. The summed E-state index contributed by atoms with van der Waals surface area (Å²) in [5.74, 6) is -3.84. The fourth-order valence-corrected chi connectivity index (χ4v) is 5.24. The van der Waals surface area contributed by atoms with Crippen molar-refractivity contribution < 1.29 is 37.8 Å². The van der Waals surface area contributed by atoms with E-state index < -0.39 is 23.8 Å². The van der Waals surface area contributed by atoms with Crippen LogP contribution < -0.4 is 19.7 Å². The molecule has 0 atom stereocenters. The third-order valence-electron chi connectivity index (χ3n) is 7.45. The summed E-state index contributed by atoms with van der Waals surface area (Å²) in [6.07, 6.45) is 3.04. The molecule has 0 radical (unpaired) electrons. The van der Waals surface area contributed by atoms with Crippen molar-refractivity contribution >= 4 is 40.9 Å². The van der Waals surface area contributed by atoms with Gasteiger partial charge in [0.25, 0.3) is 5.91 Å². The zero-order chi connectivity index (χ0) is 31.2. The molecule has 226 valence electrons. The van der Waals surface area contributed by atoms with Crippen LogP contribution in [0.1, 0.15) is 40.5 Å². The maximum absolute atomic E-state index is 14.1. The van der Waals surface area contributed by atoms with Crippen molar-refractivity contribution in [1.82, 2.24) is 4.90 Å². The van der Waals surface area contributed by atoms with Gasteiger partial charge in [-0.3, -0.25) is 14.4 Å². The molecule has 10 nitrogen and oxygen atoms in total. The number of ether oxygens (including phenoxy) is 2. The fraction of sp³-hybridized carbons (Fsp3) is 0.242. The van der Waals surface area contributed by atoms with Gasteiger partial charge in [0, 0.05) is 49.3 Å². The van der Waals surface area contributed by atoms with Gasteiger partial charge in [-0.1, -0.05) is 18.2 Å². The van der Waals surface area contributed by atoms with E-state index >= 15 is 0 Å². The molecule has 2 heterocycles. The van der Waals surface area contributed by atoms with Crippen LogP contribution in [0.5, 0.6) is 11.5 Å². The summed E-state index contributed by atoms with van der Waals surface area (Å²) in [5.41, 5.74) is 1.10. The van der Waals surface area contributed by atoms with E-state index in [0.717, 1.165) is 12.2 Å². The summed E-state index contributed by atoms with van der Waals surface area (Å²) >= 11 is 0. The second kappa shape index (κ2) is 13.4. The molecule has 3 aromatic carbocycles. The predicted molar refractivity (Wildman–Crippen MR) is 159 cm³/mol. The molecule has 0 unspecified atom stereocenters. The third-order valence-corrected chi connectivity index (χ3v) is 7.45. The summed E-state index contributed by atoms with van der Waals surface area (Å²) in [6, 6.07) is 17.3. The highest BCUT2D eigenvalue weighted by Gasteiger charge is 2.31. The number of halogens is 1. The number of nitrogens with one attached hydrogen (secondary N) is 1. The Kier molecular flexibility index (Phi) is 9.25. The van der Waals surface area contributed by atoms with Crippen LogP contribution in [-0.4, -0.2) is 60.6 Å². The lowest BCUT2D eigenvalue weighted by molar-refractivity contribution is -0.133. The Morgan fingerprint density at radius 2 is 1.52 bits per heavy atom. The van der Waals surface area contributed by atoms with Gasteiger partial charge in [-0.15, -0.1) is 0 Å². The number of hydrogen-bond donors (Lipinski definition) is 1. The molecule has 1 N–H and O–H groups in total. The van der Waals surface area contributed by atoms with Gasteiger partial charge >= 0.3 is 11.9 Å². The number of carbonyl (C=O) groups is 5. The molecule has 0 aromatic heterocycles. The van der Waals surface area contributed by atoms with Crippen LogP contribution in [0, 0.1) is 11.7 Å². The Balaban J connectivity index is 1.36. The van der Waals surface area contributed by atoms with Crippen molar-refractivity contribution in [2.45, 2.75) is 19.8 Å². The van der Waals surface area contributed by atoms with E-state index in [4.69, 9.17) is 9.47 Å². The maximum atomic E-state index is 14.1. The van der Waals surface area contributed by atoms with Crippen LogP contribution in [0.25, 0.3) is 0 Å². The smallest absolute Gasteiger partial charge is 0.336 e. The summed E-state index contributed by atoms with van der Waals surface area (Å²) in [6.45, 7) is 3.28. The number of benzene rings is 3. The number of ketones is 1. The number of carbonyl (C=O) groups excluding carboxylic acids is 5. The lowest BCUT2D eigenvalue weighted by Gasteiger charge is -2.33. The molecule has 1 saturated heterocycles. The number of fused-ring (bicyclic) bond motifs is 1. The van der Waals surface area contributed by atoms with Gasteiger partial charge in [-0.2, -0.15) is 0 Å². The Bertz CT molecular complexity index is 1610. The number of likely N-dealkylation sites (tertiary alicyclic amines) is 1. The van der Waals surface area contributed by atoms with Crippen molar-refractivity contribution in [1.29, 1.82) is 0 Å². The van der Waals surface area contributed by atoms with Crippen LogP contribution in [0.4, 0.5) is 15.8 Å². The van der Waals surface area contributed by atoms with Crippen LogP contribution in [0.3, 0.4) is 0 Å². The molecule has 0 saturated carbocycles.